The first-order valence-corrected chi connectivity index (χ1v) is 7.61. The van der Waals surface area contributed by atoms with E-state index in [9.17, 15) is 8.42 Å². The maximum Gasteiger partial charge on any atom is 0.282 e. The van der Waals surface area contributed by atoms with Crippen molar-refractivity contribution in [3.05, 3.63) is 71.8 Å². The van der Waals surface area contributed by atoms with Gasteiger partial charge in [-0.25, -0.2) is 0 Å². The van der Waals surface area contributed by atoms with Crippen LogP contribution in [0.4, 0.5) is 0 Å². The third kappa shape index (κ3) is 3.90. The second-order valence-corrected chi connectivity index (χ2v) is 5.94. The van der Waals surface area contributed by atoms with Crippen LogP contribution < -0.4 is 0 Å². The molecule has 2 aromatic carbocycles. The van der Waals surface area contributed by atoms with Crippen molar-refractivity contribution in [3.63, 3.8) is 0 Å². The Kier molecular flexibility index (Phi) is 4.48. The van der Waals surface area contributed by atoms with Gasteiger partial charge in [-0.05, 0) is 30.7 Å². The molecule has 0 unspecified atom stereocenters. The Balaban J connectivity index is 2.10. The Morgan fingerprint density at radius 3 is 2.25 bits per heavy atom. The minimum atomic E-state index is -3.61. The quantitative estimate of drug-likeness (QED) is 0.807. The number of benzene rings is 2. The molecule has 0 amide bonds. The molecular formula is C16H15NO2S. The predicted molar refractivity (Wildman–Crippen MR) is 82.3 cm³/mol. The lowest BCUT2D eigenvalue weighted by molar-refractivity contribution is 0.598. The van der Waals surface area contributed by atoms with Crippen LogP contribution in [0.25, 0.3) is 6.08 Å². The third-order valence-corrected chi connectivity index (χ3v) is 3.96. The van der Waals surface area contributed by atoms with Gasteiger partial charge in [0, 0.05) is 6.21 Å². The molecule has 0 fully saturated rings. The molecule has 20 heavy (non-hydrogen) atoms. The maximum atomic E-state index is 11.9. The van der Waals surface area contributed by atoms with E-state index in [1.165, 1.54) is 6.21 Å². The molecular weight excluding hydrogens is 270 g/mol. The largest absolute Gasteiger partial charge is 0.282 e. The molecule has 0 aliphatic rings. The molecule has 4 heteroatoms. The first-order valence-electron chi connectivity index (χ1n) is 6.17. The number of nitrogens with zero attached hydrogens (tertiary/aromatic N) is 1. The van der Waals surface area contributed by atoms with Crippen LogP contribution in [0.1, 0.15) is 11.1 Å². The number of aryl methyl sites for hydroxylation is 1. The molecule has 0 aromatic heterocycles. The first kappa shape index (κ1) is 14.2. The van der Waals surface area contributed by atoms with Gasteiger partial charge >= 0.3 is 0 Å². The molecule has 0 bridgehead atoms. The van der Waals surface area contributed by atoms with Gasteiger partial charge in [0.15, 0.2) is 0 Å². The van der Waals surface area contributed by atoms with Crippen molar-refractivity contribution in [1.82, 2.24) is 0 Å². The van der Waals surface area contributed by atoms with E-state index in [0.717, 1.165) is 11.1 Å². The van der Waals surface area contributed by atoms with Gasteiger partial charge in [0.25, 0.3) is 10.0 Å². The average Bonchev–Trinajstić information content (AvgIpc) is 2.45. The SMILES string of the molecule is Cc1ccc(S(=O)(=O)/N=C\C=C\c2ccccc2)cc1. The van der Waals surface area contributed by atoms with E-state index in [-0.39, 0.29) is 4.90 Å². The van der Waals surface area contributed by atoms with Crippen molar-refractivity contribution in [3.8, 4) is 0 Å². The number of hydrogen-bond donors (Lipinski definition) is 0. The van der Waals surface area contributed by atoms with Gasteiger partial charge in [0.05, 0.1) is 4.90 Å². The van der Waals surface area contributed by atoms with Crippen LogP contribution in [-0.2, 0) is 10.0 Å². The molecule has 0 N–H and O–H groups in total. The van der Waals surface area contributed by atoms with E-state index < -0.39 is 10.0 Å². The van der Waals surface area contributed by atoms with E-state index in [0.29, 0.717) is 0 Å². The van der Waals surface area contributed by atoms with Gasteiger partial charge < -0.3 is 0 Å². The maximum absolute atomic E-state index is 11.9. The summed E-state index contributed by atoms with van der Waals surface area (Å²) >= 11 is 0. The third-order valence-electron chi connectivity index (χ3n) is 2.69. The van der Waals surface area contributed by atoms with Crippen LogP contribution in [0.3, 0.4) is 0 Å². The molecule has 0 atom stereocenters. The van der Waals surface area contributed by atoms with Gasteiger partial charge in [-0.2, -0.15) is 12.8 Å². The van der Waals surface area contributed by atoms with Gasteiger partial charge in [0.2, 0.25) is 0 Å². The van der Waals surface area contributed by atoms with E-state index in [4.69, 9.17) is 0 Å². The Labute approximate surface area is 119 Å². The Hall–Kier alpha value is -2.20. The molecule has 2 aromatic rings. The molecule has 0 heterocycles. The Morgan fingerprint density at radius 2 is 1.60 bits per heavy atom. The number of rotatable bonds is 4. The van der Waals surface area contributed by atoms with Crippen LogP contribution in [0.5, 0.6) is 0 Å². The second-order valence-electron chi connectivity index (χ2n) is 4.31. The zero-order valence-corrected chi connectivity index (χ0v) is 11.9. The smallest absolute Gasteiger partial charge is 0.199 e. The van der Waals surface area contributed by atoms with Crippen molar-refractivity contribution in [2.75, 3.05) is 0 Å². The topological polar surface area (TPSA) is 46.5 Å². The Bertz CT molecular complexity index is 715. The highest BCUT2D eigenvalue weighted by molar-refractivity contribution is 7.90. The molecule has 2 rings (SSSR count). The predicted octanol–water partition coefficient (Wildman–Crippen LogP) is 3.47. The fourth-order valence-electron chi connectivity index (χ4n) is 1.60. The summed E-state index contributed by atoms with van der Waals surface area (Å²) in [5.41, 5.74) is 2.00. The summed E-state index contributed by atoms with van der Waals surface area (Å²) in [6.45, 7) is 1.91. The van der Waals surface area contributed by atoms with Gasteiger partial charge in [0.1, 0.15) is 0 Å². The Morgan fingerprint density at radius 1 is 0.950 bits per heavy atom. The average molecular weight is 285 g/mol. The van der Waals surface area contributed by atoms with Crippen LogP contribution >= 0.6 is 0 Å². The summed E-state index contributed by atoms with van der Waals surface area (Å²) in [7, 11) is -3.61. The van der Waals surface area contributed by atoms with Crippen LogP contribution in [0.15, 0.2) is 70.0 Å². The molecule has 0 saturated heterocycles. The van der Waals surface area contributed by atoms with Crippen LogP contribution in [-0.4, -0.2) is 14.6 Å². The van der Waals surface area contributed by atoms with E-state index in [2.05, 4.69) is 4.40 Å². The summed E-state index contributed by atoms with van der Waals surface area (Å²) in [4.78, 5) is 0.201. The summed E-state index contributed by atoms with van der Waals surface area (Å²) < 4.78 is 27.5. The van der Waals surface area contributed by atoms with E-state index in [1.807, 2.05) is 37.3 Å². The summed E-state index contributed by atoms with van der Waals surface area (Å²) in [5, 5.41) is 0. The summed E-state index contributed by atoms with van der Waals surface area (Å²) in [6.07, 6.45) is 4.71. The summed E-state index contributed by atoms with van der Waals surface area (Å²) in [5.74, 6) is 0. The molecule has 0 saturated carbocycles. The minimum absolute atomic E-state index is 0.201. The molecule has 0 spiro atoms. The highest BCUT2D eigenvalue weighted by Crippen LogP contribution is 2.12. The second kappa shape index (κ2) is 6.30. The lowest BCUT2D eigenvalue weighted by Crippen LogP contribution is -1.96. The molecule has 0 radical (unpaired) electrons. The van der Waals surface area contributed by atoms with Crippen molar-refractivity contribution < 1.29 is 8.42 Å². The highest BCUT2D eigenvalue weighted by atomic mass is 32.2. The van der Waals surface area contributed by atoms with Gasteiger partial charge in [-0.3, -0.25) is 0 Å². The van der Waals surface area contributed by atoms with E-state index >= 15 is 0 Å². The van der Waals surface area contributed by atoms with Crippen molar-refractivity contribution in [2.24, 2.45) is 4.40 Å². The highest BCUT2D eigenvalue weighted by Gasteiger charge is 2.09. The molecule has 102 valence electrons. The zero-order chi connectivity index (χ0) is 14.4. The fraction of sp³-hybridized carbons (Fsp3) is 0.0625. The normalized spacial score (nSPS) is 12.2. The molecule has 0 aliphatic heterocycles. The van der Waals surface area contributed by atoms with Crippen molar-refractivity contribution in [1.29, 1.82) is 0 Å². The van der Waals surface area contributed by atoms with Gasteiger partial charge in [-0.1, -0.05) is 54.1 Å². The van der Waals surface area contributed by atoms with Crippen LogP contribution in [0.2, 0.25) is 0 Å². The first-order chi connectivity index (χ1) is 9.58. The number of sulfonamides is 1. The van der Waals surface area contributed by atoms with Crippen LogP contribution in [0, 0.1) is 6.92 Å². The standard InChI is InChI=1S/C16H15NO2S/c1-14-9-11-16(12-10-14)20(18,19)17-13-5-8-15-6-3-2-4-7-15/h2-13H,1H3/b8-5+,17-13-. The lowest BCUT2D eigenvalue weighted by Gasteiger charge is -1.98. The fourth-order valence-corrected chi connectivity index (χ4v) is 2.44. The summed E-state index contributed by atoms with van der Waals surface area (Å²) in [6, 6.07) is 16.2. The van der Waals surface area contributed by atoms with Gasteiger partial charge in [-0.15, -0.1) is 0 Å². The van der Waals surface area contributed by atoms with Crippen molar-refractivity contribution in [2.45, 2.75) is 11.8 Å². The monoisotopic (exact) mass is 285 g/mol. The minimum Gasteiger partial charge on any atom is -0.199 e. The molecule has 0 aliphatic carbocycles. The van der Waals surface area contributed by atoms with Crippen molar-refractivity contribution >= 4 is 22.3 Å². The molecule has 3 nitrogen and oxygen atoms in total. The number of hydrogen-bond acceptors (Lipinski definition) is 2. The lowest BCUT2D eigenvalue weighted by atomic mass is 10.2. The number of allylic oxidation sites excluding steroid dienone is 1. The van der Waals surface area contributed by atoms with E-state index in [1.54, 1.807) is 36.4 Å². The zero-order valence-electron chi connectivity index (χ0n) is 11.1.